The summed E-state index contributed by atoms with van der Waals surface area (Å²) in [6.45, 7) is 4.25. The van der Waals surface area contributed by atoms with Crippen molar-refractivity contribution in [2.45, 2.75) is 31.2 Å². The highest BCUT2D eigenvalue weighted by atomic mass is 32.2. The molecule has 8 nitrogen and oxygen atoms in total. The number of hydrogen-bond donors (Lipinski definition) is 1. The lowest BCUT2D eigenvalue weighted by atomic mass is 10.1. The third-order valence-corrected chi connectivity index (χ3v) is 5.89. The lowest BCUT2D eigenvalue weighted by Gasteiger charge is -2.00. The molecule has 0 saturated carbocycles. The van der Waals surface area contributed by atoms with Crippen LogP contribution >= 0.6 is 23.1 Å². The fourth-order valence-corrected chi connectivity index (χ4v) is 4.57. The van der Waals surface area contributed by atoms with Gasteiger partial charge in [0, 0.05) is 23.8 Å². The number of nitrogens with zero attached hydrogens (tertiary/aromatic N) is 5. The molecule has 0 unspecified atom stereocenters. The van der Waals surface area contributed by atoms with E-state index in [4.69, 9.17) is 4.74 Å². The van der Waals surface area contributed by atoms with Gasteiger partial charge >= 0.3 is 0 Å². The normalized spacial score (nSPS) is 11.4. The summed E-state index contributed by atoms with van der Waals surface area (Å²) in [7, 11) is 1.63. The standard InChI is InChI=1S/C19H20N6O2S2/c1-11(2)7-15-24-25-16(26)9-13(20-19(25)29-15)10-28-18-21-17(22-23-18)12-5-4-6-14(8-12)27-3/h4-6,8-9,11H,7,10H2,1-3H3,(H,21,22,23). The van der Waals surface area contributed by atoms with Gasteiger partial charge in [-0.3, -0.25) is 9.89 Å². The molecular weight excluding hydrogens is 408 g/mol. The van der Waals surface area contributed by atoms with E-state index in [1.165, 1.54) is 33.7 Å². The van der Waals surface area contributed by atoms with Crippen molar-refractivity contribution in [1.29, 1.82) is 0 Å². The van der Waals surface area contributed by atoms with E-state index in [0.717, 1.165) is 22.7 Å². The van der Waals surface area contributed by atoms with Crippen LogP contribution in [-0.4, -0.2) is 36.9 Å². The fraction of sp³-hybridized carbons (Fsp3) is 0.316. The molecule has 0 radical (unpaired) electrons. The van der Waals surface area contributed by atoms with Crippen LogP contribution in [0.2, 0.25) is 0 Å². The molecular formula is C19H20N6O2S2. The first-order valence-electron chi connectivity index (χ1n) is 9.10. The van der Waals surface area contributed by atoms with Gasteiger partial charge in [-0.15, -0.1) is 5.10 Å². The van der Waals surface area contributed by atoms with Crippen LogP contribution in [0.3, 0.4) is 0 Å². The number of nitrogens with one attached hydrogen (secondary N) is 1. The molecule has 4 aromatic rings. The molecule has 0 spiro atoms. The molecule has 0 saturated heterocycles. The van der Waals surface area contributed by atoms with Crippen molar-refractivity contribution in [2.75, 3.05) is 7.11 Å². The van der Waals surface area contributed by atoms with Crippen molar-refractivity contribution < 1.29 is 4.74 Å². The highest BCUT2D eigenvalue weighted by Crippen LogP contribution is 2.24. The van der Waals surface area contributed by atoms with E-state index < -0.39 is 0 Å². The average molecular weight is 429 g/mol. The Morgan fingerprint density at radius 2 is 2.14 bits per heavy atom. The summed E-state index contributed by atoms with van der Waals surface area (Å²) >= 11 is 2.89. The van der Waals surface area contributed by atoms with Crippen molar-refractivity contribution in [3.8, 4) is 17.1 Å². The maximum Gasteiger partial charge on any atom is 0.275 e. The second kappa shape index (κ2) is 8.34. The van der Waals surface area contributed by atoms with Gasteiger partial charge in [0.25, 0.3) is 5.56 Å². The summed E-state index contributed by atoms with van der Waals surface area (Å²) in [4.78, 5) is 22.1. The molecule has 3 aromatic heterocycles. The van der Waals surface area contributed by atoms with Crippen molar-refractivity contribution in [3.63, 3.8) is 0 Å². The summed E-state index contributed by atoms with van der Waals surface area (Å²) in [6, 6.07) is 9.13. The Kier molecular flexibility index (Phi) is 5.63. The van der Waals surface area contributed by atoms with Crippen molar-refractivity contribution in [1.82, 2.24) is 29.8 Å². The summed E-state index contributed by atoms with van der Waals surface area (Å²) in [5.74, 6) is 2.40. The molecule has 0 bridgehead atoms. The van der Waals surface area contributed by atoms with Crippen LogP contribution < -0.4 is 10.3 Å². The Morgan fingerprint density at radius 3 is 2.93 bits per heavy atom. The van der Waals surface area contributed by atoms with E-state index in [-0.39, 0.29) is 5.56 Å². The SMILES string of the molecule is COc1cccc(-c2nc(SCc3cc(=O)n4nc(CC(C)C)sc4n3)n[nH]2)c1. The third-order valence-electron chi connectivity index (χ3n) is 4.08. The highest BCUT2D eigenvalue weighted by molar-refractivity contribution is 7.98. The van der Waals surface area contributed by atoms with Crippen LogP contribution in [0.1, 0.15) is 24.5 Å². The Balaban J connectivity index is 1.49. The second-order valence-corrected chi connectivity index (χ2v) is 8.84. The van der Waals surface area contributed by atoms with Gasteiger partial charge in [0.05, 0.1) is 12.8 Å². The van der Waals surface area contributed by atoms with Gasteiger partial charge in [-0.1, -0.05) is 49.1 Å². The number of ether oxygens (including phenoxy) is 1. The quantitative estimate of drug-likeness (QED) is 0.450. The molecule has 0 aliphatic carbocycles. The predicted molar refractivity (Wildman–Crippen MR) is 114 cm³/mol. The van der Waals surface area contributed by atoms with Crippen molar-refractivity contribution in [2.24, 2.45) is 5.92 Å². The maximum atomic E-state index is 12.4. The van der Waals surface area contributed by atoms with Crippen LogP contribution in [0.15, 0.2) is 40.3 Å². The molecule has 3 heterocycles. The molecule has 1 aromatic carbocycles. The summed E-state index contributed by atoms with van der Waals surface area (Å²) < 4.78 is 6.63. The van der Waals surface area contributed by atoms with Gasteiger partial charge in [-0.25, -0.2) is 9.97 Å². The zero-order valence-corrected chi connectivity index (χ0v) is 17.9. The smallest absolute Gasteiger partial charge is 0.275 e. The number of thioether (sulfide) groups is 1. The molecule has 150 valence electrons. The monoisotopic (exact) mass is 428 g/mol. The minimum absolute atomic E-state index is 0.163. The number of aromatic nitrogens is 6. The molecule has 0 aliphatic rings. The summed E-state index contributed by atoms with van der Waals surface area (Å²) in [6.07, 6.45) is 0.835. The molecule has 1 N–H and O–H groups in total. The van der Waals surface area contributed by atoms with Crippen LogP contribution in [0.25, 0.3) is 16.3 Å². The van der Waals surface area contributed by atoms with Gasteiger partial charge in [0.15, 0.2) is 5.82 Å². The van der Waals surface area contributed by atoms with Gasteiger partial charge in [-0.05, 0) is 18.1 Å². The van der Waals surface area contributed by atoms with Crippen LogP contribution in [0.5, 0.6) is 5.75 Å². The first-order chi connectivity index (χ1) is 14.0. The second-order valence-electron chi connectivity index (χ2n) is 6.86. The minimum Gasteiger partial charge on any atom is -0.497 e. The number of benzene rings is 1. The highest BCUT2D eigenvalue weighted by Gasteiger charge is 2.12. The molecule has 29 heavy (non-hydrogen) atoms. The van der Waals surface area contributed by atoms with E-state index >= 15 is 0 Å². The molecule has 0 aliphatic heterocycles. The molecule has 10 heteroatoms. The Labute approximate surface area is 175 Å². The van der Waals surface area contributed by atoms with Crippen molar-refractivity contribution >= 4 is 28.1 Å². The maximum absolute atomic E-state index is 12.4. The number of aromatic amines is 1. The van der Waals surface area contributed by atoms with Crippen molar-refractivity contribution in [3.05, 3.63) is 51.4 Å². The largest absolute Gasteiger partial charge is 0.497 e. The predicted octanol–water partition coefficient (Wildman–Crippen LogP) is 3.44. The van der Waals surface area contributed by atoms with E-state index in [9.17, 15) is 4.79 Å². The lowest BCUT2D eigenvalue weighted by Crippen LogP contribution is -2.15. The first kappa shape index (κ1) is 19.6. The molecule has 0 atom stereocenters. The molecule has 0 amide bonds. The van der Waals surface area contributed by atoms with Gasteiger partial charge in [-0.2, -0.15) is 9.61 Å². The van der Waals surface area contributed by atoms with E-state index in [0.29, 0.717) is 33.3 Å². The minimum atomic E-state index is -0.163. The Bertz CT molecular complexity index is 1200. The van der Waals surface area contributed by atoms with E-state index in [1.807, 2.05) is 24.3 Å². The van der Waals surface area contributed by atoms with Gasteiger partial charge in [0.2, 0.25) is 10.1 Å². The van der Waals surface area contributed by atoms with Gasteiger partial charge in [0.1, 0.15) is 10.8 Å². The molecule has 0 fully saturated rings. The lowest BCUT2D eigenvalue weighted by molar-refractivity contribution is 0.415. The number of fused-ring (bicyclic) bond motifs is 1. The Hall–Kier alpha value is -2.72. The summed E-state index contributed by atoms with van der Waals surface area (Å²) in [5.41, 5.74) is 1.42. The number of rotatable bonds is 7. The third kappa shape index (κ3) is 4.48. The number of H-pyrrole nitrogens is 1. The first-order valence-corrected chi connectivity index (χ1v) is 10.9. The van der Waals surface area contributed by atoms with Crippen LogP contribution in [0.4, 0.5) is 0 Å². The summed E-state index contributed by atoms with van der Waals surface area (Å²) in [5, 5.41) is 13.1. The van der Waals surface area contributed by atoms with Crippen LogP contribution in [-0.2, 0) is 12.2 Å². The van der Waals surface area contributed by atoms with E-state index in [2.05, 4.69) is 39.1 Å². The number of hydrogen-bond acceptors (Lipinski definition) is 8. The zero-order valence-electron chi connectivity index (χ0n) is 16.2. The van der Waals surface area contributed by atoms with Gasteiger partial charge < -0.3 is 4.74 Å². The molecule has 4 rings (SSSR count). The zero-order chi connectivity index (χ0) is 20.4. The average Bonchev–Trinajstić information content (AvgIpc) is 3.33. The van der Waals surface area contributed by atoms with Crippen LogP contribution in [0, 0.1) is 5.92 Å². The number of methoxy groups -OCH3 is 1. The Morgan fingerprint density at radius 1 is 1.28 bits per heavy atom. The topological polar surface area (TPSA) is 98.1 Å². The van der Waals surface area contributed by atoms with E-state index in [1.54, 1.807) is 7.11 Å². The fourth-order valence-electron chi connectivity index (χ4n) is 2.75.